The molecule has 0 aliphatic carbocycles. The summed E-state index contributed by atoms with van der Waals surface area (Å²) in [6.45, 7) is 4.91. The van der Waals surface area contributed by atoms with Crippen molar-refractivity contribution >= 4 is 34.7 Å². The fourth-order valence-corrected chi connectivity index (χ4v) is 4.87. The fraction of sp³-hybridized carbons (Fsp3) is 0.438. The molecule has 0 aliphatic rings. The van der Waals surface area contributed by atoms with Crippen LogP contribution in [0.5, 0.6) is 0 Å². The van der Waals surface area contributed by atoms with Gasteiger partial charge in [-0.25, -0.2) is 10.3 Å². The van der Waals surface area contributed by atoms with Gasteiger partial charge in [-0.15, -0.1) is 0 Å². The lowest BCUT2D eigenvalue weighted by molar-refractivity contribution is -0.139. The first-order chi connectivity index (χ1) is 20.7. The van der Waals surface area contributed by atoms with Crippen LogP contribution >= 0.6 is 0 Å². The Kier molecular flexibility index (Phi) is 13.5. The van der Waals surface area contributed by atoms with Gasteiger partial charge in [0.25, 0.3) is 0 Å². The van der Waals surface area contributed by atoms with E-state index in [9.17, 15) is 19.2 Å². The summed E-state index contributed by atoms with van der Waals surface area (Å²) in [5, 5.41) is 17.8. The average molecular weight is 594 g/mol. The van der Waals surface area contributed by atoms with Crippen LogP contribution < -0.4 is 21.4 Å². The van der Waals surface area contributed by atoms with Crippen molar-refractivity contribution < 1.29 is 29.1 Å². The highest BCUT2D eigenvalue weighted by Gasteiger charge is 2.28. The van der Waals surface area contributed by atoms with Crippen LogP contribution in [0.1, 0.15) is 57.1 Å². The van der Waals surface area contributed by atoms with Crippen molar-refractivity contribution in [2.45, 2.75) is 65.0 Å². The summed E-state index contributed by atoms with van der Waals surface area (Å²) >= 11 is 0. The molecule has 3 aromatic rings. The number of benzene rings is 2. The van der Waals surface area contributed by atoms with Crippen LogP contribution in [0.25, 0.3) is 10.9 Å². The molecule has 0 unspecified atom stereocenters. The molecule has 0 bridgehead atoms. The lowest BCUT2D eigenvalue weighted by Gasteiger charge is -2.23. The van der Waals surface area contributed by atoms with Gasteiger partial charge >= 0.3 is 6.09 Å². The number of nitrogens with one attached hydrogen (secondary N) is 5. The van der Waals surface area contributed by atoms with Crippen molar-refractivity contribution in [3.63, 3.8) is 0 Å². The molecule has 0 radical (unpaired) electrons. The summed E-state index contributed by atoms with van der Waals surface area (Å²) < 4.78 is 0. The molecule has 1 aromatic heterocycles. The van der Waals surface area contributed by atoms with Gasteiger partial charge in [0.2, 0.25) is 17.7 Å². The van der Waals surface area contributed by atoms with Gasteiger partial charge in [0.15, 0.2) is 0 Å². The Hall–Kier alpha value is -4.38. The SMILES string of the molecule is CC(C)C[C@H](CC(=O)NOCc1ccccc1)C(=O)N[C@@H](Cc1c[nH]c2ccccc12)C(=O)NCCCCCNC(=O)O. The van der Waals surface area contributed by atoms with Gasteiger partial charge in [0.1, 0.15) is 6.04 Å². The Bertz CT molecular complexity index is 1330. The zero-order chi connectivity index (χ0) is 31.0. The molecule has 0 saturated heterocycles. The van der Waals surface area contributed by atoms with Crippen LogP contribution in [0, 0.1) is 11.8 Å². The van der Waals surface area contributed by atoms with Crippen LogP contribution in [0.15, 0.2) is 60.8 Å². The van der Waals surface area contributed by atoms with E-state index in [4.69, 9.17) is 9.94 Å². The largest absolute Gasteiger partial charge is 0.465 e. The van der Waals surface area contributed by atoms with E-state index >= 15 is 0 Å². The number of hydrogen-bond donors (Lipinski definition) is 6. The zero-order valence-corrected chi connectivity index (χ0v) is 24.9. The number of amides is 4. The van der Waals surface area contributed by atoms with Gasteiger partial charge in [-0.1, -0.05) is 62.4 Å². The van der Waals surface area contributed by atoms with Gasteiger partial charge in [-0.2, -0.15) is 0 Å². The number of aromatic amines is 1. The van der Waals surface area contributed by atoms with Crippen molar-refractivity contribution in [2.24, 2.45) is 11.8 Å². The molecule has 1 heterocycles. The predicted octanol–water partition coefficient (Wildman–Crippen LogP) is 4.05. The fourth-order valence-electron chi connectivity index (χ4n) is 4.87. The van der Waals surface area contributed by atoms with Gasteiger partial charge in [0.05, 0.1) is 6.61 Å². The van der Waals surface area contributed by atoms with Gasteiger partial charge in [0, 0.05) is 48.9 Å². The number of aromatic nitrogens is 1. The second-order valence-corrected chi connectivity index (χ2v) is 11.0. The highest BCUT2D eigenvalue weighted by molar-refractivity contribution is 5.91. The van der Waals surface area contributed by atoms with E-state index in [0.29, 0.717) is 32.4 Å². The first-order valence-corrected chi connectivity index (χ1v) is 14.8. The summed E-state index contributed by atoms with van der Waals surface area (Å²) in [6.07, 6.45) is 3.50. The highest BCUT2D eigenvalue weighted by atomic mass is 16.6. The number of para-hydroxylation sites is 1. The van der Waals surface area contributed by atoms with Crippen LogP contribution in [0.3, 0.4) is 0 Å². The highest BCUT2D eigenvalue weighted by Crippen LogP contribution is 2.21. The lowest BCUT2D eigenvalue weighted by atomic mass is 9.92. The number of carbonyl (C=O) groups is 4. The first kappa shape index (κ1) is 33.1. The molecule has 0 spiro atoms. The van der Waals surface area contributed by atoms with Gasteiger partial charge in [-0.05, 0) is 48.8 Å². The molecule has 11 heteroatoms. The van der Waals surface area contributed by atoms with Gasteiger partial charge in [-0.3, -0.25) is 19.2 Å². The third-order valence-corrected chi connectivity index (χ3v) is 6.99. The summed E-state index contributed by atoms with van der Waals surface area (Å²) in [7, 11) is 0. The topological polar surface area (TPSA) is 162 Å². The minimum atomic E-state index is -1.06. The monoisotopic (exact) mass is 593 g/mol. The van der Waals surface area contributed by atoms with E-state index in [1.54, 1.807) is 0 Å². The van der Waals surface area contributed by atoms with E-state index in [1.807, 2.05) is 74.6 Å². The molecule has 3 rings (SSSR count). The van der Waals surface area contributed by atoms with E-state index in [2.05, 4.69) is 26.4 Å². The number of carbonyl (C=O) groups excluding carboxylic acids is 3. The first-order valence-electron chi connectivity index (χ1n) is 14.8. The van der Waals surface area contributed by atoms with E-state index < -0.39 is 24.0 Å². The van der Waals surface area contributed by atoms with Crippen LogP contribution in [-0.2, 0) is 32.2 Å². The molecule has 2 aromatic carbocycles. The average Bonchev–Trinajstić information content (AvgIpc) is 3.38. The number of H-pyrrole nitrogens is 1. The number of hydroxylamine groups is 1. The van der Waals surface area contributed by atoms with E-state index in [0.717, 1.165) is 28.5 Å². The molecule has 0 saturated carbocycles. The normalized spacial score (nSPS) is 12.4. The summed E-state index contributed by atoms with van der Waals surface area (Å²) in [6, 6.07) is 16.3. The Morgan fingerprint density at radius 3 is 2.30 bits per heavy atom. The third kappa shape index (κ3) is 11.8. The summed E-state index contributed by atoms with van der Waals surface area (Å²) in [5.74, 6) is -1.61. The third-order valence-electron chi connectivity index (χ3n) is 6.99. The Labute approximate surface area is 252 Å². The predicted molar refractivity (Wildman–Crippen MR) is 164 cm³/mol. The molecule has 4 amide bonds. The number of rotatable bonds is 18. The maximum Gasteiger partial charge on any atom is 0.404 e. The Balaban J connectivity index is 1.63. The van der Waals surface area contributed by atoms with Crippen molar-refractivity contribution in [1.29, 1.82) is 0 Å². The smallest absolute Gasteiger partial charge is 0.404 e. The summed E-state index contributed by atoms with van der Waals surface area (Å²) in [5.41, 5.74) is 5.17. The minimum Gasteiger partial charge on any atom is -0.465 e. The standard InChI is InChI=1S/C32H43N5O6/c1-22(2)17-24(19-29(38)37-43-21-23-11-5-3-6-12-23)30(39)36-28(18-25-20-35-27-14-8-7-13-26(25)27)31(40)33-15-9-4-10-16-34-32(41)42/h3,5-8,11-14,20,22,24,28,34-35H,4,9-10,15-19,21H2,1-2H3,(H,33,40)(H,36,39)(H,37,38)(H,41,42)/t24-,28+/m1/s1. The molecular formula is C32H43N5O6. The van der Waals surface area contributed by atoms with Gasteiger partial charge < -0.3 is 26.0 Å². The van der Waals surface area contributed by atoms with Crippen molar-refractivity contribution in [3.05, 3.63) is 71.9 Å². The Morgan fingerprint density at radius 1 is 0.884 bits per heavy atom. The molecule has 2 atom stereocenters. The van der Waals surface area contributed by atoms with E-state index in [1.165, 1.54) is 0 Å². The van der Waals surface area contributed by atoms with Crippen LogP contribution in [0.2, 0.25) is 0 Å². The number of unbranched alkanes of at least 4 members (excludes halogenated alkanes) is 2. The maximum atomic E-state index is 13.5. The van der Waals surface area contributed by atoms with E-state index in [-0.39, 0.29) is 37.2 Å². The van der Waals surface area contributed by atoms with Crippen molar-refractivity contribution in [3.8, 4) is 0 Å². The maximum absolute atomic E-state index is 13.5. The molecular weight excluding hydrogens is 550 g/mol. The molecule has 232 valence electrons. The van der Waals surface area contributed by atoms with Crippen molar-refractivity contribution in [2.75, 3.05) is 13.1 Å². The molecule has 0 fully saturated rings. The number of hydrogen-bond acceptors (Lipinski definition) is 5. The Morgan fingerprint density at radius 2 is 1.58 bits per heavy atom. The molecule has 6 N–H and O–H groups in total. The second-order valence-electron chi connectivity index (χ2n) is 11.0. The summed E-state index contributed by atoms with van der Waals surface area (Å²) in [4.78, 5) is 58.7. The second kappa shape index (κ2) is 17.5. The molecule has 0 aliphatic heterocycles. The number of carboxylic acid groups (broad SMARTS) is 1. The zero-order valence-electron chi connectivity index (χ0n) is 24.9. The number of fused-ring (bicyclic) bond motifs is 1. The quantitative estimate of drug-likeness (QED) is 0.0963. The van der Waals surface area contributed by atoms with Crippen LogP contribution in [-0.4, -0.2) is 53.0 Å². The van der Waals surface area contributed by atoms with Crippen molar-refractivity contribution in [1.82, 2.24) is 26.4 Å². The van der Waals surface area contributed by atoms with Crippen LogP contribution in [0.4, 0.5) is 4.79 Å². The molecule has 43 heavy (non-hydrogen) atoms. The molecule has 11 nitrogen and oxygen atoms in total. The minimum absolute atomic E-state index is 0.0788. The lowest BCUT2D eigenvalue weighted by Crippen LogP contribution is -2.50.